The summed E-state index contributed by atoms with van der Waals surface area (Å²) < 4.78 is 0.856. The number of aromatic amines is 1. The lowest BCUT2D eigenvalue weighted by atomic mass is 9.94. The molecule has 1 saturated carbocycles. The molecule has 166 valence electrons. The first-order valence-corrected chi connectivity index (χ1v) is 12.0. The molecule has 10 heteroatoms. The van der Waals surface area contributed by atoms with Gasteiger partial charge in [-0.3, -0.25) is 14.4 Å². The van der Waals surface area contributed by atoms with Crippen LogP contribution >= 0.6 is 23.1 Å². The molecule has 4 rings (SSSR count). The second kappa shape index (κ2) is 10.1. The van der Waals surface area contributed by atoms with E-state index in [0.717, 1.165) is 40.6 Å². The van der Waals surface area contributed by atoms with Gasteiger partial charge in [-0.15, -0.1) is 0 Å². The number of aryl methyl sites for hydroxylation is 1. The third-order valence-electron chi connectivity index (χ3n) is 5.16. The largest absolute Gasteiger partial charge is 0.339 e. The molecule has 0 spiro atoms. The van der Waals surface area contributed by atoms with Gasteiger partial charge in [-0.05, 0) is 43.7 Å². The van der Waals surface area contributed by atoms with Crippen molar-refractivity contribution in [3.05, 3.63) is 47.9 Å². The Bertz CT molecular complexity index is 1120. The van der Waals surface area contributed by atoms with E-state index < -0.39 is 11.8 Å². The van der Waals surface area contributed by atoms with Crippen LogP contribution in [0.1, 0.15) is 48.0 Å². The molecule has 3 aromatic rings. The summed E-state index contributed by atoms with van der Waals surface area (Å²) in [5.41, 5.74) is 1.93. The van der Waals surface area contributed by atoms with Crippen molar-refractivity contribution in [2.45, 2.75) is 48.4 Å². The van der Waals surface area contributed by atoms with Crippen molar-refractivity contribution in [2.24, 2.45) is 5.92 Å². The van der Waals surface area contributed by atoms with Gasteiger partial charge in [0.15, 0.2) is 16.1 Å². The first-order valence-electron chi connectivity index (χ1n) is 10.4. The van der Waals surface area contributed by atoms with E-state index in [9.17, 15) is 14.4 Å². The average molecular weight is 470 g/mol. The fourth-order valence-electron chi connectivity index (χ4n) is 3.65. The number of ketones is 1. The molecule has 8 nitrogen and oxygen atoms in total. The van der Waals surface area contributed by atoms with Crippen LogP contribution in [0.3, 0.4) is 0 Å². The van der Waals surface area contributed by atoms with Crippen LogP contribution in [-0.2, 0) is 9.59 Å². The Balaban J connectivity index is 1.35. The van der Waals surface area contributed by atoms with Gasteiger partial charge in [-0.1, -0.05) is 35.8 Å². The van der Waals surface area contributed by atoms with Crippen LogP contribution in [0, 0.1) is 12.8 Å². The summed E-state index contributed by atoms with van der Waals surface area (Å²) in [6.07, 6.45) is 8.54. The number of benzene rings is 1. The third kappa shape index (κ3) is 5.63. The molecule has 1 aliphatic carbocycles. The number of hydrogen-bond acceptors (Lipinski definition) is 7. The summed E-state index contributed by atoms with van der Waals surface area (Å²) in [5, 5.41) is 6.52. The van der Waals surface area contributed by atoms with Crippen LogP contribution in [0.4, 0.5) is 10.8 Å². The monoisotopic (exact) mass is 469 g/mol. The Labute approximate surface area is 193 Å². The summed E-state index contributed by atoms with van der Waals surface area (Å²) >= 11 is 2.70. The fourth-order valence-corrected chi connectivity index (χ4v) is 5.39. The highest BCUT2D eigenvalue weighted by atomic mass is 32.2. The minimum absolute atomic E-state index is 0.00824. The predicted octanol–water partition coefficient (Wildman–Crippen LogP) is 4.67. The number of nitrogens with zero attached hydrogens (tertiary/aromatic N) is 2. The van der Waals surface area contributed by atoms with E-state index in [1.807, 2.05) is 19.1 Å². The smallest absolute Gasteiger partial charge is 0.235 e. The molecule has 2 heterocycles. The van der Waals surface area contributed by atoms with Crippen LogP contribution in [0.5, 0.6) is 0 Å². The van der Waals surface area contributed by atoms with Gasteiger partial charge in [0.1, 0.15) is 6.42 Å². The summed E-state index contributed by atoms with van der Waals surface area (Å²) in [4.78, 5) is 49.0. The van der Waals surface area contributed by atoms with Crippen molar-refractivity contribution in [1.29, 1.82) is 0 Å². The zero-order chi connectivity index (χ0) is 22.5. The van der Waals surface area contributed by atoms with E-state index in [1.165, 1.54) is 23.1 Å². The van der Waals surface area contributed by atoms with Crippen LogP contribution in [0.25, 0.3) is 0 Å². The van der Waals surface area contributed by atoms with Crippen molar-refractivity contribution in [1.82, 2.24) is 15.0 Å². The molecule has 0 bridgehead atoms. The Hall–Kier alpha value is -2.98. The second-order valence-corrected chi connectivity index (χ2v) is 9.97. The highest BCUT2D eigenvalue weighted by Gasteiger charge is 2.26. The second-order valence-electron chi connectivity index (χ2n) is 7.65. The van der Waals surface area contributed by atoms with E-state index in [2.05, 4.69) is 25.6 Å². The Morgan fingerprint density at radius 3 is 2.69 bits per heavy atom. The van der Waals surface area contributed by atoms with E-state index >= 15 is 0 Å². The van der Waals surface area contributed by atoms with Crippen molar-refractivity contribution >= 4 is 51.5 Å². The van der Waals surface area contributed by atoms with Gasteiger partial charge in [-0.2, -0.15) is 0 Å². The van der Waals surface area contributed by atoms with Gasteiger partial charge in [0.05, 0.1) is 16.1 Å². The number of hydrogen-bond donors (Lipinski definition) is 3. The lowest BCUT2D eigenvalue weighted by Gasteiger charge is -2.14. The lowest BCUT2D eigenvalue weighted by Crippen LogP contribution is -2.23. The minimum atomic E-state index is -0.478. The third-order valence-corrected chi connectivity index (χ3v) is 7.09. The van der Waals surface area contributed by atoms with E-state index in [-0.39, 0.29) is 18.1 Å². The molecule has 1 fully saturated rings. The summed E-state index contributed by atoms with van der Waals surface area (Å²) in [5.74, 6) is -0.875. The maximum atomic E-state index is 12.9. The number of carbonyl (C=O) groups is 3. The minimum Gasteiger partial charge on any atom is -0.339 e. The van der Waals surface area contributed by atoms with Gasteiger partial charge in [0, 0.05) is 23.9 Å². The number of imidazole rings is 1. The van der Waals surface area contributed by atoms with E-state index in [4.69, 9.17) is 0 Å². The standard InChI is InChI=1S/C22H23N5O3S2/c1-13-6-7-16(15(10-13)20(30)14-4-2-3-5-14)26-17(28)11-18(29)27-22-25-12-19(32-22)31-21-23-8-9-24-21/h6-10,12,14H,2-5,11H2,1H3,(H,23,24)(H,26,28)(H,25,27,29). The Morgan fingerprint density at radius 2 is 1.94 bits per heavy atom. The first-order chi connectivity index (χ1) is 15.5. The molecule has 2 aromatic heterocycles. The van der Waals surface area contributed by atoms with Crippen molar-refractivity contribution in [2.75, 3.05) is 10.6 Å². The fraction of sp³-hybridized carbons (Fsp3) is 0.318. The first kappa shape index (κ1) is 22.2. The van der Waals surface area contributed by atoms with E-state index in [0.29, 0.717) is 16.4 Å². The molecule has 1 aliphatic rings. The zero-order valence-electron chi connectivity index (χ0n) is 17.5. The van der Waals surface area contributed by atoms with Crippen LogP contribution in [0.2, 0.25) is 0 Å². The van der Waals surface area contributed by atoms with Crippen LogP contribution < -0.4 is 10.6 Å². The van der Waals surface area contributed by atoms with Gasteiger partial charge in [0.25, 0.3) is 0 Å². The number of Topliss-reactive ketones (excluding diaryl/α,β-unsaturated/α-hetero) is 1. The number of H-pyrrole nitrogens is 1. The molecule has 32 heavy (non-hydrogen) atoms. The van der Waals surface area contributed by atoms with Gasteiger partial charge < -0.3 is 15.6 Å². The molecule has 0 unspecified atom stereocenters. The normalized spacial score (nSPS) is 13.8. The molecule has 3 N–H and O–H groups in total. The van der Waals surface area contributed by atoms with Crippen LogP contribution in [-0.4, -0.2) is 32.5 Å². The summed E-state index contributed by atoms with van der Waals surface area (Å²) in [6, 6.07) is 5.38. The Kier molecular flexibility index (Phi) is 7.01. The van der Waals surface area contributed by atoms with Crippen molar-refractivity contribution in [3.63, 3.8) is 0 Å². The maximum absolute atomic E-state index is 12.9. The molecule has 1 aromatic carbocycles. The van der Waals surface area contributed by atoms with Crippen molar-refractivity contribution in [3.8, 4) is 0 Å². The SMILES string of the molecule is Cc1ccc(NC(=O)CC(=O)Nc2ncc(Sc3ncc[nH]3)s2)c(C(=O)C2CCCC2)c1. The average Bonchev–Trinajstić information content (AvgIpc) is 3.52. The number of carbonyl (C=O) groups excluding carboxylic acids is 3. The number of amides is 2. The molecule has 0 aliphatic heterocycles. The van der Waals surface area contributed by atoms with Crippen LogP contribution in [0.15, 0.2) is 46.2 Å². The molecule has 2 amide bonds. The molecule has 0 saturated heterocycles. The van der Waals surface area contributed by atoms with Crippen molar-refractivity contribution < 1.29 is 14.4 Å². The number of aromatic nitrogens is 3. The summed E-state index contributed by atoms with van der Waals surface area (Å²) in [7, 11) is 0. The molecule has 0 radical (unpaired) electrons. The quantitative estimate of drug-likeness (QED) is 0.326. The van der Waals surface area contributed by atoms with Gasteiger partial charge in [-0.25, -0.2) is 9.97 Å². The topological polar surface area (TPSA) is 117 Å². The van der Waals surface area contributed by atoms with Gasteiger partial charge in [0.2, 0.25) is 11.8 Å². The Morgan fingerprint density at radius 1 is 1.16 bits per heavy atom. The molecule has 0 atom stereocenters. The van der Waals surface area contributed by atoms with E-state index in [1.54, 1.807) is 24.7 Å². The summed E-state index contributed by atoms with van der Waals surface area (Å²) in [6.45, 7) is 1.91. The number of nitrogens with one attached hydrogen (secondary N) is 3. The number of rotatable bonds is 8. The lowest BCUT2D eigenvalue weighted by molar-refractivity contribution is -0.123. The predicted molar refractivity (Wildman–Crippen MR) is 124 cm³/mol. The number of anilines is 2. The van der Waals surface area contributed by atoms with Gasteiger partial charge >= 0.3 is 0 Å². The zero-order valence-corrected chi connectivity index (χ0v) is 19.1. The molecular weight excluding hydrogens is 446 g/mol. The highest BCUT2D eigenvalue weighted by Crippen LogP contribution is 2.32. The number of thiazole rings is 1. The highest BCUT2D eigenvalue weighted by molar-refractivity contribution is 8.01. The molecular formula is C22H23N5O3S2. The maximum Gasteiger partial charge on any atom is 0.235 e.